The third-order valence-corrected chi connectivity index (χ3v) is 4.68. The minimum atomic E-state index is -0.346. The lowest BCUT2D eigenvalue weighted by molar-refractivity contribution is 0.0938. The van der Waals surface area contributed by atoms with E-state index in [9.17, 15) is 9.18 Å². The normalized spacial score (nSPS) is 12.2. The van der Waals surface area contributed by atoms with Crippen molar-refractivity contribution in [3.05, 3.63) is 69.8 Å². The van der Waals surface area contributed by atoms with E-state index >= 15 is 0 Å². The Labute approximate surface area is 165 Å². The molecule has 2 aromatic heterocycles. The Balaban J connectivity index is 1.76. The number of hydrogen-bond donors (Lipinski definition) is 2. The number of aromatic nitrogens is 3. The molecule has 0 aliphatic carbocycles. The van der Waals surface area contributed by atoms with E-state index in [0.29, 0.717) is 28.0 Å². The summed E-state index contributed by atoms with van der Waals surface area (Å²) in [7, 11) is 1.72. The number of nitrogens with two attached hydrogens (primary N) is 1. The maximum atomic E-state index is 13.3. The number of aryl methyl sites for hydroxylation is 1. The van der Waals surface area contributed by atoms with Crippen molar-refractivity contribution in [1.29, 1.82) is 0 Å². The number of halogens is 3. The van der Waals surface area contributed by atoms with Crippen LogP contribution in [0, 0.1) is 5.82 Å². The smallest absolute Gasteiger partial charge is 0.253 e. The number of rotatable bonds is 6. The van der Waals surface area contributed by atoms with Crippen LogP contribution >= 0.6 is 23.2 Å². The lowest BCUT2D eigenvalue weighted by Gasteiger charge is -2.16. The Morgan fingerprint density at radius 1 is 1.37 bits per heavy atom. The van der Waals surface area contributed by atoms with Crippen LogP contribution < -0.4 is 11.1 Å². The van der Waals surface area contributed by atoms with Crippen LogP contribution in [0.3, 0.4) is 0 Å². The number of carbonyl (C=O) groups is 1. The quantitative estimate of drug-likeness (QED) is 0.656. The molecule has 6 nitrogen and oxygen atoms in total. The van der Waals surface area contributed by atoms with Gasteiger partial charge in [0.05, 0.1) is 11.8 Å². The van der Waals surface area contributed by atoms with Crippen molar-refractivity contribution in [2.24, 2.45) is 12.8 Å². The Kier molecular flexibility index (Phi) is 5.84. The van der Waals surface area contributed by atoms with E-state index < -0.39 is 0 Å². The maximum absolute atomic E-state index is 13.3. The van der Waals surface area contributed by atoms with Gasteiger partial charge >= 0.3 is 0 Å². The molecular formula is C18H18Cl2FN5O. The summed E-state index contributed by atoms with van der Waals surface area (Å²) in [5.74, 6) is -0.108. The van der Waals surface area contributed by atoms with E-state index in [1.165, 1.54) is 24.4 Å². The third-order valence-electron chi connectivity index (χ3n) is 4.12. The molecule has 27 heavy (non-hydrogen) atoms. The summed E-state index contributed by atoms with van der Waals surface area (Å²) in [4.78, 5) is 12.6. The van der Waals surface area contributed by atoms with Crippen molar-refractivity contribution >= 4 is 29.1 Å². The second kappa shape index (κ2) is 8.12. The Hall–Kier alpha value is -2.35. The SMILES string of the molecule is Cn1ncc(Cl)c1-n1cc(C(=O)NC(CN)Cc2cccc(F)c2)cc1Cl. The Bertz CT molecular complexity index is 949. The van der Waals surface area contributed by atoms with Gasteiger partial charge in [0, 0.05) is 25.8 Å². The van der Waals surface area contributed by atoms with E-state index in [0.717, 1.165) is 5.56 Å². The van der Waals surface area contributed by atoms with Crippen LogP contribution in [0.15, 0.2) is 42.7 Å². The largest absolute Gasteiger partial charge is 0.348 e. The van der Waals surface area contributed by atoms with Crippen LogP contribution in [-0.4, -0.2) is 32.8 Å². The van der Waals surface area contributed by atoms with Crippen LogP contribution in [0.1, 0.15) is 15.9 Å². The molecule has 0 spiro atoms. The second-order valence-corrected chi connectivity index (χ2v) is 6.90. The van der Waals surface area contributed by atoms with Gasteiger partial charge in [0.1, 0.15) is 16.0 Å². The van der Waals surface area contributed by atoms with Crippen molar-refractivity contribution in [2.45, 2.75) is 12.5 Å². The van der Waals surface area contributed by atoms with Crippen molar-refractivity contribution in [2.75, 3.05) is 6.54 Å². The molecule has 3 aromatic rings. The topological polar surface area (TPSA) is 77.9 Å². The number of nitrogens with one attached hydrogen (secondary N) is 1. The first-order valence-corrected chi connectivity index (χ1v) is 8.95. The highest BCUT2D eigenvalue weighted by atomic mass is 35.5. The van der Waals surface area contributed by atoms with Gasteiger partial charge in [0.2, 0.25) is 0 Å². The lowest BCUT2D eigenvalue weighted by atomic mass is 10.1. The Morgan fingerprint density at radius 2 is 2.15 bits per heavy atom. The molecule has 0 radical (unpaired) electrons. The zero-order valence-electron chi connectivity index (χ0n) is 14.5. The molecular weight excluding hydrogens is 392 g/mol. The molecule has 0 saturated heterocycles. The second-order valence-electron chi connectivity index (χ2n) is 6.10. The van der Waals surface area contributed by atoms with Gasteiger partial charge in [-0.1, -0.05) is 35.3 Å². The number of benzene rings is 1. The van der Waals surface area contributed by atoms with Crippen LogP contribution in [0.25, 0.3) is 5.82 Å². The van der Waals surface area contributed by atoms with Gasteiger partial charge in [-0.2, -0.15) is 5.10 Å². The summed E-state index contributed by atoms with van der Waals surface area (Å²) in [6.07, 6.45) is 3.49. The number of nitrogens with zero attached hydrogens (tertiary/aromatic N) is 3. The molecule has 1 aromatic carbocycles. The van der Waals surface area contributed by atoms with Crippen molar-refractivity contribution < 1.29 is 9.18 Å². The summed E-state index contributed by atoms with van der Waals surface area (Å²) in [6, 6.07) is 7.39. The standard InChI is InChI=1S/C18H18Cl2FN5O/c1-25-18(15(19)9-23-25)26-10-12(7-16(26)20)17(27)24-14(8-22)6-11-3-2-4-13(21)5-11/h2-5,7,9-10,14H,6,8,22H2,1H3,(H,24,27). The van der Waals surface area contributed by atoms with Gasteiger partial charge in [-0.05, 0) is 30.2 Å². The molecule has 1 amide bonds. The summed E-state index contributed by atoms with van der Waals surface area (Å²) in [5.41, 5.74) is 6.88. The average Bonchev–Trinajstić information content (AvgIpc) is 3.16. The molecule has 1 atom stereocenters. The fourth-order valence-electron chi connectivity index (χ4n) is 2.81. The molecule has 1 unspecified atom stereocenters. The zero-order chi connectivity index (χ0) is 19.6. The molecule has 0 fully saturated rings. The van der Waals surface area contributed by atoms with Gasteiger partial charge < -0.3 is 11.1 Å². The molecule has 0 saturated carbocycles. The molecule has 142 valence electrons. The fraction of sp³-hybridized carbons (Fsp3) is 0.222. The first-order valence-electron chi connectivity index (χ1n) is 8.20. The highest BCUT2D eigenvalue weighted by molar-refractivity contribution is 6.33. The van der Waals surface area contributed by atoms with Crippen molar-refractivity contribution in [3.8, 4) is 5.82 Å². The highest BCUT2D eigenvalue weighted by Crippen LogP contribution is 2.25. The molecule has 0 aliphatic heterocycles. The number of hydrogen-bond acceptors (Lipinski definition) is 3. The Morgan fingerprint density at radius 3 is 2.78 bits per heavy atom. The minimum absolute atomic E-state index is 0.213. The van der Waals surface area contributed by atoms with Crippen LogP contribution in [-0.2, 0) is 13.5 Å². The van der Waals surface area contributed by atoms with E-state index in [1.807, 2.05) is 0 Å². The molecule has 3 N–H and O–H groups in total. The molecule has 0 aliphatic rings. The van der Waals surface area contributed by atoms with Gasteiger partial charge in [0.15, 0.2) is 5.82 Å². The van der Waals surface area contributed by atoms with Gasteiger partial charge in [-0.3, -0.25) is 14.0 Å². The number of carbonyl (C=O) groups excluding carboxylic acids is 1. The number of amides is 1. The van der Waals surface area contributed by atoms with Crippen molar-refractivity contribution in [1.82, 2.24) is 19.7 Å². The predicted molar refractivity (Wildman–Crippen MR) is 103 cm³/mol. The van der Waals surface area contributed by atoms with Gasteiger partial charge in [0.25, 0.3) is 5.91 Å². The monoisotopic (exact) mass is 409 g/mol. The van der Waals surface area contributed by atoms with E-state index in [-0.39, 0.29) is 24.3 Å². The van der Waals surface area contributed by atoms with Crippen LogP contribution in [0.2, 0.25) is 10.2 Å². The lowest BCUT2D eigenvalue weighted by Crippen LogP contribution is -2.41. The maximum Gasteiger partial charge on any atom is 0.253 e. The molecule has 3 rings (SSSR count). The fourth-order valence-corrected chi connectivity index (χ4v) is 3.31. The molecule has 9 heteroatoms. The average molecular weight is 410 g/mol. The summed E-state index contributed by atoms with van der Waals surface area (Å²) >= 11 is 12.4. The zero-order valence-corrected chi connectivity index (χ0v) is 16.0. The highest BCUT2D eigenvalue weighted by Gasteiger charge is 2.19. The van der Waals surface area contributed by atoms with Crippen LogP contribution in [0.4, 0.5) is 4.39 Å². The van der Waals surface area contributed by atoms with Crippen molar-refractivity contribution in [3.63, 3.8) is 0 Å². The first kappa shape index (κ1) is 19.4. The minimum Gasteiger partial charge on any atom is -0.348 e. The summed E-state index contributed by atoms with van der Waals surface area (Å²) < 4.78 is 16.5. The van der Waals surface area contributed by atoms with Gasteiger partial charge in [-0.15, -0.1) is 0 Å². The van der Waals surface area contributed by atoms with E-state index in [4.69, 9.17) is 28.9 Å². The van der Waals surface area contributed by atoms with Gasteiger partial charge in [-0.25, -0.2) is 4.39 Å². The summed E-state index contributed by atoms with van der Waals surface area (Å²) in [5, 5.41) is 7.64. The van der Waals surface area contributed by atoms with E-state index in [2.05, 4.69) is 10.4 Å². The molecule has 0 bridgehead atoms. The van der Waals surface area contributed by atoms with E-state index in [1.54, 1.807) is 34.6 Å². The first-order chi connectivity index (χ1) is 12.9. The summed E-state index contributed by atoms with van der Waals surface area (Å²) in [6.45, 7) is 0.213. The third kappa shape index (κ3) is 4.32. The van der Waals surface area contributed by atoms with Crippen LogP contribution in [0.5, 0.6) is 0 Å². The molecule has 2 heterocycles. The predicted octanol–water partition coefficient (Wildman–Crippen LogP) is 2.96.